The third kappa shape index (κ3) is 2.93. The van der Waals surface area contributed by atoms with Crippen molar-refractivity contribution in [3.63, 3.8) is 0 Å². The maximum atomic E-state index is 14.1. The summed E-state index contributed by atoms with van der Waals surface area (Å²) in [4.78, 5) is 2.33. The third-order valence-electron chi connectivity index (χ3n) is 4.07. The predicted molar refractivity (Wildman–Crippen MR) is 77.8 cm³/mol. The summed E-state index contributed by atoms with van der Waals surface area (Å²) in [6.45, 7) is 5.78. The predicted octanol–water partition coefficient (Wildman–Crippen LogP) is 3.60. The molecule has 0 spiro atoms. The molecule has 106 valence electrons. The van der Waals surface area contributed by atoms with Gasteiger partial charge in [0.25, 0.3) is 0 Å². The average molecular weight is 285 g/mol. The van der Waals surface area contributed by atoms with Crippen molar-refractivity contribution in [1.82, 2.24) is 4.90 Å². The molecule has 0 radical (unpaired) electrons. The summed E-state index contributed by atoms with van der Waals surface area (Å²) < 4.78 is 14.1. The molecule has 2 atom stereocenters. The second kappa shape index (κ2) is 6.21. The van der Waals surface area contributed by atoms with Crippen LogP contribution in [-0.4, -0.2) is 24.0 Å². The fourth-order valence-corrected chi connectivity index (χ4v) is 3.45. The van der Waals surface area contributed by atoms with Crippen LogP contribution in [-0.2, 0) is 0 Å². The molecule has 2 nitrogen and oxygen atoms in total. The van der Waals surface area contributed by atoms with Crippen molar-refractivity contribution < 1.29 is 4.39 Å². The van der Waals surface area contributed by atoms with E-state index in [-0.39, 0.29) is 11.9 Å². The molecule has 1 aromatic rings. The molecule has 1 fully saturated rings. The Kier molecular flexibility index (Phi) is 4.82. The average Bonchev–Trinajstić information content (AvgIpc) is 2.83. The van der Waals surface area contributed by atoms with Crippen LogP contribution in [0.3, 0.4) is 0 Å². The van der Waals surface area contributed by atoms with E-state index in [9.17, 15) is 4.39 Å². The highest BCUT2D eigenvalue weighted by Crippen LogP contribution is 2.36. The van der Waals surface area contributed by atoms with Gasteiger partial charge in [-0.25, -0.2) is 4.39 Å². The monoisotopic (exact) mass is 284 g/mol. The van der Waals surface area contributed by atoms with E-state index >= 15 is 0 Å². The molecule has 1 heterocycles. The second-order valence-electron chi connectivity index (χ2n) is 5.58. The molecule has 0 aliphatic carbocycles. The van der Waals surface area contributed by atoms with E-state index in [1.165, 1.54) is 6.07 Å². The van der Waals surface area contributed by atoms with E-state index in [1.54, 1.807) is 12.1 Å². The summed E-state index contributed by atoms with van der Waals surface area (Å²) >= 11 is 6.19. The lowest BCUT2D eigenvalue weighted by Crippen LogP contribution is -2.40. The van der Waals surface area contributed by atoms with E-state index in [0.717, 1.165) is 19.4 Å². The molecule has 0 aromatic heterocycles. The topological polar surface area (TPSA) is 29.3 Å². The maximum Gasteiger partial charge on any atom is 0.129 e. The zero-order chi connectivity index (χ0) is 14.0. The standard InChI is InChI=1S/C15H22ClFN2/c1-10(2)13-7-4-8-19(13)14(9-18)15-11(16)5-3-6-12(15)17/h3,5-6,10,13-14H,4,7-9,18H2,1-2H3. The molecular weight excluding hydrogens is 263 g/mol. The lowest BCUT2D eigenvalue weighted by Gasteiger charge is -2.35. The summed E-state index contributed by atoms with van der Waals surface area (Å²) in [5.41, 5.74) is 6.47. The van der Waals surface area contributed by atoms with Gasteiger partial charge in [0.15, 0.2) is 0 Å². The fraction of sp³-hybridized carbons (Fsp3) is 0.600. The minimum absolute atomic E-state index is 0.122. The smallest absolute Gasteiger partial charge is 0.129 e. The van der Waals surface area contributed by atoms with Crippen LogP contribution in [0, 0.1) is 11.7 Å². The van der Waals surface area contributed by atoms with Gasteiger partial charge >= 0.3 is 0 Å². The van der Waals surface area contributed by atoms with Gasteiger partial charge in [0.1, 0.15) is 5.82 Å². The van der Waals surface area contributed by atoms with Crippen LogP contribution in [0.4, 0.5) is 4.39 Å². The molecule has 4 heteroatoms. The molecule has 1 aromatic carbocycles. The van der Waals surface area contributed by atoms with Crippen molar-refractivity contribution >= 4 is 11.6 Å². The number of benzene rings is 1. The van der Waals surface area contributed by atoms with Crippen LogP contribution < -0.4 is 5.73 Å². The minimum Gasteiger partial charge on any atom is -0.329 e. The minimum atomic E-state index is -0.252. The first-order valence-electron chi connectivity index (χ1n) is 6.96. The SMILES string of the molecule is CC(C)C1CCCN1C(CN)c1c(F)cccc1Cl. The van der Waals surface area contributed by atoms with Crippen LogP contribution in [0.5, 0.6) is 0 Å². The Morgan fingerprint density at radius 1 is 1.47 bits per heavy atom. The maximum absolute atomic E-state index is 14.1. The molecule has 2 unspecified atom stereocenters. The molecule has 1 saturated heterocycles. The third-order valence-corrected chi connectivity index (χ3v) is 4.40. The summed E-state index contributed by atoms with van der Waals surface area (Å²) in [6, 6.07) is 5.18. The van der Waals surface area contributed by atoms with Gasteiger partial charge < -0.3 is 5.73 Å². The van der Waals surface area contributed by atoms with Crippen molar-refractivity contribution in [3.8, 4) is 0 Å². The highest BCUT2D eigenvalue weighted by molar-refractivity contribution is 6.31. The number of hydrogen-bond donors (Lipinski definition) is 1. The van der Waals surface area contributed by atoms with Crippen LogP contribution in [0.2, 0.25) is 5.02 Å². The number of nitrogens with zero attached hydrogens (tertiary/aromatic N) is 1. The molecular formula is C15H22ClFN2. The molecule has 0 bridgehead atoms. The lowest BCUT2D eigenvalue weighted by atomic mass is 9.98. The van der Waals surface area contributed by atoms with Gasteiger partial charge in [-0.05, 0) is 37.4 Å². The van der Waals surface area contributed by atoms with Crippen molar-refractivity contribution in [2.75, 3.05) is 13.1 Å². The molecule has 1 aliphatic heterocycles. The molecule has 19 heavy (non-hydrogen) atoms. The van der Waals surface area contributed by atoms with Crippen molar-refractivity contribution in [2.45, 2.75) is 38.8 Å². The first-order valence-corrected chi connectivity index (χ1v) is 7.33. The van der Waals surface area contributed by atoms with Gasteiger partial charge in [-0.1, -0.05) is 31.5 Å². The van der Waals surface area contributed by atoms with E-state index in [0.29, 0.717) is 29.1 Å². The van der Waals surface area contributed by atoms with Gasteiger partial charge in [0.05, 0.1) is 6.04 Å². The molecule has 2 N–H and O–H groups in total. The van der Waals surface area contributed by atoms with E-state index in [2.05, 4.69) is 18.7 Å². The number of rotatable bonds is 4. The zero-order valence-corrected chi connectivity index (χ0v) is 12.3. The highest BCUT2D eigenvalue weighted by atomic mass is 35.5. The van der Waals surface area contributed by atoms with Gasteiger partial charge in [-0.2, -0.15) is 0 Å². The Hall–Kier alpha value is -0.640. The summed E-state index contributed by atoms with van der Waals surface area (Å²) in [5, 5.41) is 0.477. The Morgan fingerprint density at radius 2 is 2.21 bits per heavy atom. The van der Waals surface area contributed by atoms with Gasteiger partial charge in [-0.3, -0.25) is 4.90 Å². The van der Waals surface area contributed by atoms with Crippen molar-refractivity contribution in [1.29, 1.82) is 0 Å². The molecule has 2 rings (SSSR count). The Balaban J connectivity index is 2.34. The van der Waals surface area contributed by atoms with Crippen LogP contribution in [0.1, 0.15) is 38.3 Å². The van der Waals surface area contributed by atoms with Gasteiger partial charge in [0.2, 0.25) is 0 Å². The Bertz CT molecular complexity index is 416. The van der Waals surface area contributed by atoms with Gasteiger partial charge in [-0.15, -0.1) is 0 Å². The Labute approximate surface area is 119 Å². The Morgan fingerprint density at radius 3 is 2.79 bits per heavy atom. The lowest BCUT2D eigenvalue weighted by molar-refractivity contribution is 0.147. The first-order chi connectivity index (χ1) is 9.06. The van der Waals surface area contributed by atoms with Crippen LogP contribution >= 0.6 is 11.6 Å². The molecule has 0 saturated carbocycles. The summed E-state index contributed by atoms with van der Waals surface area (Å²) in [6.07, 6.45) is 2.30. The zero-order valence-electron chi connectivity index (χ0n) is 11.6. The number of nitrogens with two attached hydrogens (primary N) is 1. The summed E-state index contributed by atoms with van der Waals surface area (Å²) in [7, 11) is 0. The van der Waals surface area contributed by atoms with Crippen LogP contribution in [0.25, 0.3) is 0 Å². The quantitative estimate of drug-likeness (QED) is 0.915. The molecule has 0 amide bonds. The normalized spacial score (nSPS) is 22.1. The number of likely N-dealkylation sites (tertiary alicyclic amines) is 1. The number of halogens is 2. The second-order valence-corrected chi connectivity index (χ2v) is 5.99. The van der Waals surface area contributed by atoms with Crippen molar-refractivity contribution in [2.24, 2.45) is 11.7 Å². The highest BCUT2D eigenvalue weighted by Gasteiger charge is 2.34. The van der Waals surface area contributed by atoms with Gasteiger partial charge in [0, 0.05) is 23.2 Å². The molecule has 1 aliphatic rings. The van der Waals surface area contributed by atoms with Crippen molar-refractivity contribution in [3.05, 3.63) is 34.6 Å². The fourth-order valence-electron chi connectivity index (χ4n) is 3.17. The van der Waals surface area contributed by atoms with E-state index < -0.39 is 0 Å². The first kappa shape index (κ1) is 14.8. The largest absolute Gasteiger partial charge is 0.329 e. The van der Waals surface area contributed by atoms with Crippen LogP contribution in [0.15, 0.2) is 18.2 Å². The number of hydrogen-bond acceptors (Lipinski definition) is 2. The van der Waals surface area contributed by atoms with E-state index in [4.69, 9.17) is 17.3 Å². The summed E-state index contributed by atoms with van der Waals surface area (Å²) in [5.74, 6) is 0.291. The van der Waals surface area contributed by atoms with E-state index in [1.807, 2.05) is 0 Å².